The van der Waals surface area contributed by atoms with Gasteiger partial charge in [-0.15, -0.1) is 11.8 Å². The van der Waals surface area contributed by atoms with Gasteiger partial charge in [0.2, 0.25) is 5.91 Å². The second-order valence-corrected chi connectivity index (χ2v) is 4.39. The lowest BCUT2D eigenvalue weighted by Gasteiger charge is -2.14. The van der Waals surface area contributed by atoms with E-state index in [0.29, 0.717) is 5.56 Å². The molecule has 94 valence electrons. The van der Waals surface area contributed by atoms with Crippen LogP contribution in [0.3, 0.4) is 0 Å². The van der Waals surface area contributed by atoms with E-state index >= 15 is 0 Å². The minimum absolute atomic E-state index is 0.0736. The van der Waals surface area contributed by atoms with E-state index in [-0.39, 0.29) is 11.5 Å². The maximum atomic E-state index is 11.5. The summed E-state index contributed by atoms with van der Waals surface area (Å²) in [5, 5.41) is 19.8. The van der Waals surface area contributed by atoms with Gasteiger partial charge in [-0.3, -0.25) is 4.79 Å². The van der Waals surface area contributed by atoms with Crippen molar-refractivity contribution >= 4 is 23.6 Å². The Kier molecular flexibility index (Phi) is 5.74. The maximum Gasteiger partial charge on any atom is 0.330 e. The molecule has 1 aromatic rings. The zero-order valence-electron chi connectivity index (χ0n) is 9.50. The molecule has 0 bridgehead atoms. The molecular weight excluding hydrogens is 252 g/mol. The van der Waals surface area contributed by atoms with Gasteiger partial charge in [0.15, 0.2) is 6.04 Å². The summed E-state index contributed by atoms with van der Waals surface area (Å²) < 4.78 is 0. The second-order valence-electron chi connectivity index (χ2n) is 3.40. The van der Waals surface area contributed by atoms with Crippen LogP contribution in [0.2, 0.25) is 0 Å². The number of nitriles is 1. The highest BCUT2D eigenvalue weighted by atomic mass is 32.2. The van der Waals surface area contributed by atoms with Crippen LogP contribution < -0.4 is 5.32 Å². The second kappa shape index (κ2) is 7.35. The third-order valence-electron chi connectivity index (χ3n) is 2.08. The summed E-state index contributed by atoms with van der Waals surface area (Å²) in [5.74, 6) is -1.23. The molecule has 1 amide bonds. The summed E-state index contributed by atoms with van der Waals surface area (Å²) in [6, 6.07) is 9.32. The molecule has 1 rings (SSSR count). The van der Waals surface area contributed by atoms with E-state index in [1.807, 2.05) is 6.07 Å². The van der Waals surface area contributed by atoms with Crippen molar-refractivity contribution in [2.75, 3.05) is 11.5 Å². The number of carbonyl (C=O) groups is 2. The Balaban J connectivity index is 2.63. The van der Waals surface area contributed by atoms with Crippen molar-refractivity contribution in [1.29, 1.82) is 5.26 Å². The topological polar surface area (TPSA) is 90.2 Å². The summed E-state index contributed by atoms with van der Waals surface area (Å²) in [7, 11) is 0. The van der Waals surface area contributed by atoms with Gasteiger partial charge in [0.25, 0.3) is 0 Å². The van der Waals surface area contributed by atoms with Crippen molar-refractivity contribution in [1.82, 2.24) is 5.32 Å². The molecule has 0 aliphatic rings. The monoisotopic (exact) mass is 264 g/mol. The number of nitrogens with zero attached hydrogens (tertiary/aromatic N) is 1. The zero-order valence-corrected chi connectivity index (χ0v) is 10.3. The standard InChI is InChI=1S/C12H12N2O3S/c13-6-7-18-8-10(15)14-11(12(16)17)9-4-2-1-3-5-9/h1-5,11H,7-8H2,(H,14,15)(H,16,17)/t11-/m0/s1. The molecule has 1 aromatic carbocycles. The molecule has 0 radical (unpaired) electrons. The van der Waals surface area contributed by atoms with E-state index in [2.05, 4.69) is 5.32 Å². The molecule has 0 aliphatic carbocycles. The zero-order chi connectivity index (χ0) is 13.4. The number of benzene rings is 1. The molecule has 5 nitrogen and oxygen atoms in total. The average Bonchev–Trinajstić information content (AvgIpc) is 2.37. The van der Waals surface area contributed by atoms with Crippen molar-refractivity contribution in [2.24, 2.45) is 0 Å². The van der Waals surface area contributed by atoms with Gasteiger partial charge in [-0.25, -0.2) is 4.79 Å². The summed E-state index contributed by atoms with van der Waals surface area (Å²) in [6.45, 7) is 0. The summed E-state index contributed by atoms with van der Waals surface area (Å²) in [4.78, 5) is 22.6. The lowest BCUT2D eigenvalue weighted by atomic mass is 10.1. The molecule has 0 unspecified atom stereocenters. The first-order valence-electron chi connectivity index (χ1n) is 5.17. The predicted octanol–water partition coefficient (Wildman–Crippen LogP) is 1.19. The highest BCUT2D eigenvalue weighted by molar-refractivity contribution is 8.00. The Morgan fingerprint density at radius 2 is 2.06 bits per heavy atom. The number of carboxylic acid groups (broad SMARTS) is 1. The fraction of sp³-hybridized carbons (Fsp3) is 0.250. The number of hydrogen-bond acceptors (Lipinski definition) is 4. The molecule has 0 aliphatic heterocycles. The quantitative estimate of drug-likeness (QED) is 0.753. The summed E-state index contributed by atoms with van der Waals surface area (Å²) in [6.07, 6.45) is 0. The molecule has 0 aromatic heterocycles. The van der Waals surface area contributed by atoms with Crippen molar-refractivity contribution in [2.45, 2.75) is 6.04 Å². The van der Waals surface area contributed by atoms with Gasteiger partial charge in [-0.2, -0.15) is 5.26 Å². The molecule has 0 saturated carbocycles. The lowest BCUT2D eigenvalue weighted by Crippen LogP contribution is -2.34. The van der Waals surface area contributed by atoms with Gasteiger partial charge in [-0.05, 0) is 5.56 Å². The van der Waals surface area contributed by atoms with Crippen LogP contribution in [-0.4, -0.2) is 28.5 Å². The van der Waals surface area contributed by atoms with Gasteiger partial charge in [0, 0.05) is 0 Å². The molecule has 0 fully saturated rings. The van der Waals surface area contributed by atoms with Gasteiger partial charge in [-0.1, -0.05) is 30.3 Å². The van der Waals surface area contributed by atoms with Crippen molar-refractivity contribution in [3.8, 4) is 6.07 Å². The van der Waals surface area contributed by atoms with Crippen LogP contribution in [0, 0.1) is 11.3 Å². The van der Waals surface area contributed by atoms with Gasteiger partial charge >= 0.3 is 5.97 Å². The first kappa shape index (κ1) is 14.1. The molecular formula is C12H12N2O3S. The van der Waals surface area contributed by atoms with Crippen LogP contribution in [0.25, 0.3) is 0 Å². The fourth-order valence-electron chi connectivity index (χ4n) is 1.33. The highest BCUT2D eigenvalue weighted by Gasteiger charge is 2.21. The van der Waals surface area contributed by atoms with E-state index in [9.17, 15) is 9.59 Å². The number of rotatable bonds is 6. The van der Waals surface area contributed by atoms with Crippen LogP contribution in [0.1, 0.15) is 11.6 Å². The average molecular weight is 264 g/mol. The van der Waals surface area contributed by atoms with Gasteiger partial charge in [0.05, 0.1) is 17.6 Å². The third-order valence-corrected chi connectivity index (χ3v) is 2.88. The van der Waals surface area contributed by atoms with Crippen LogP contribution >= 0.6 is 11.8 Å². The lowest BCUT2D eigenvalue weighted by molar-refractivity contribution is -0.141. The van der Waals surface area contributed by atoms with E-state index < -0.39 is 17.9 Å². The SMILES string of the molecule is N#CCSCC(=O)N[C@H](C(=O)O)c1ccccc1. The number of carboxylic acids is 1. The third kappa shape index (κ3) is 4.47. The van der Waals surface area contributed by atoms with E-state index in [1.54, 1.807) is 30.3 Å². The van der Waals surface area contributed by atoms with Crippen molar-refractivity contribution in [3.05, 3.63) is 35.9 Å². The minimum Gasteiger partial charge on any atom is -0.479 e. The van der Waals surface area contributed by atoms with Gasteiger partial charge in [0.1, 0.15) is 0 Å². The first-order chi connectivity index (χ1) is 8.65. The first-order valence-corrected chi connectivity index (χ1v) is 6.32. The molecule has 0 heterocycles. The highest BCUT2D eigenvalue weighted by Crippen LogP contribution is 2.13. The fourth-order valence-corrected chi connectivity index (χ4v) is 1.79. The van der Waals surface area contributed by atoms with E-state index in [4.69, 9.17) is 10.4 Å². The number of nitrogens with one attached hydrogen (secondary N) is 1. The molecule has 0 saturated heterocycles. The summed E-state index contributed by atoms with van der Waals surface area (Å²) >= 11 is 1.14. The Labute approximate surface area is 109 Å². The Morgan fingerprint density at radius 1 is 1.39 bits per heavy atom. The number of amides is 1. The number of aliphatic carboxylic acids is 1. The normalized spacial score (nSPS) is 11.3. The largest absolute Gasteiger partial charge is 0.479 e. The van der Waals surface area contributed by atoms with E-state index in [0.717, 1.165) is 11.8 Å². The van der Waals surface area contributed by atoms with E-state index in [1.165, 1.54) is 0 Å². The molecule has 1 atom stereocenters. The van der Waals surface area contributed by atoms with Crippen LogP contribution in [0.5, 0.6) is 0 Å². The molecule has 2 N–H and O–H groups in total. The maximum absolute atomic E-state index is 11.5. The minimum atomic E-state index is -1.11. The summed E-state index contributed by atoms with van der Waals surface area (Å²) in [5.41, 5.74) is 0.517. The molecule has 6 heteroatoms. The Bertz CT molecular complexity index is 456. The Morgan fingerprint density at radius 3 is 2.61 bits per heavy atom. The molecule has 0 spiro atoms. The van der Waals surface area contributed by atoms with Crippen LogP contribution in [0.4, 0.5) is 0 Å². The van der Waals surface area contributed by atoms with Crippen molar-refractivity contribution < 1.29 is 14.7 Å². The van der Waals surface area contributed by atoms with Crippen LogP contribution in [-0.2, 0) is 9.59 Å². The van der Waals surface area contributed by atoms with Crippen LogP contribution in [0.15, 0.2) is 30.3 Å². The van der Waals surface area contributed by atoms with Gasteiger partial charge < -0.3 is 10.4 Å². The number of thioether (sulfide) groups is 1. The molecule has 18 heavy (non-hydrogen) atoms. The smallest absolute Gasteiger partial charge is 0.330 e. The van der Waals surface area contributed by atoms with Crippen molar-refractivity contribution in [3.63, 3.8) is 0 Å². The number of carbonyl (C=O) groups excluding carboxylic acids is 1. The Hall–Kier alpha value is -2.00. The number of hydrogen-bond donors (Lipinski definition) is 2. The predicted molar refractivity (Wildman–Crippen MR) is 67.9 cm³/mol.